The zero-order valence-corrected chi connectivity index (χ0v) is 15.8. The number of carbonyl (C=O) groups is 1. The second-order valence-corrected chi connectivity index (χ2v) is 7.18. The molecule has 0 bridgehead atoms. The van der Waals surface area contributed by atoms with Crippen LogP contribution < -0.4 is 15.4 Å². The van der Waals surface area contributed by atoms with Gasteiger partial charge in [-0.2, -0.15) is 0 Å². The number of carbonyl (C=O) groups excluding carboxylic acids is 1. The summed E-state index contributed by atoms with van der Waals surface area (Å²) in [6.45, 7) is 1.42. The third-order valence-corrected chi connectivity index (χ3v) is 5.14. The molecule has 0 radical (unpaired) electrons. The third kappa shape index (κ3) is 4.67. The fourth-order valence-corrected chi connectivity index (χ4v) is 3.61. The number of aromatic nitrogens is 1. The Morgan fingerprint density at radius 2 is 2.04 bits per heavy atom. The maximum atomic E-state index is 12.5. The molecule has 2 heterocycles. The SMILES string of the molecule is O=C(NCCc1ccccc1)[C@@H]1C[C@@H](Oc2ccc3cnccc3c2)CCN1. The summed E-state index contributed by atoms with van der Waals surface area (Å²) in [6, 6.07) is 18.0. The van der Waals surface area contributed by atoms with Crippen LogP contribution in [-0.4, -0.2) is 36.1 Å². The normalized spacial score (nSPS) is 19.3. The van der Waals surface area contributed by atoms with Crippen molar-refractivity contribution in [1.29, 1.82) is 0 Å². The lowest BCUT2D eigenvalue weighted by atomic mass is 10.0. The maximum absolute atomic E-state index is 12.5. The van der Waals surface area contributed by atoms with Crippen LogP contribution in [0.15, 0.2) is 67.0 Å². The molecule has 2 aromatic carbocycles. The Morgan fingerprint density at radius 1 is 1.14 bits per heavy atom. The van der Waals surface area contributed by atoms with E-state index in [0.717, 1.165) is 35.9 Å². The van der Waals surface area contributed by atoms with Gasteiger partial charge in [0.15, 0.2) is 0 Å². The van der Waals surface area contributed by atoms with Crippen LogP contribution in [0.5, 0.6) is 5.75 Å². The van der Waals surface area contributed by atoms with Gasteiger partial charge in [0.25, 0.3) is 0 Å². The number of piperidine rings is 1. The summed E-state index contributed by atoms with van der Waals surface area (Å²) < 4.78 is 6.18. The smallest absolute Gasteiger partial charge is 0.237 e. The predicted octanol–water partition coefficient (Wildman–Crippen LogP) is 3.09. The molecule has 3 aromatic rings. The van der Waals surface area contributed by atoms with Crippen molar-refractivity contribution in [2.75, 3.05) is 13.1 Å². The molecule has 2 N–H and O–H groups in total. The molecule has 0 aliphatic carbocycles. The molecule has 4 rings (SSSR count). The highest BCUT2D eigenvalue weighted by atomic mass is 16.5. The number of benzene rings is 2. The van der Waals surface area contributed by atoms with Gasteiger partial charge in [-0.3, -0.25) is 9.78 Å². The molecular formula is C23H25N3O2. The summed E-state index contributed by atoms with van der Waals surface area (Å²) in [5.41, 5.74) is 1.23. The molecular weight excluding hydrogens is 350 g/mol. The second kappa shape index (κ2) is 8.85. The van der Waals surface area contributed by atoms with E-state index in [-0.39, 0.29) is 18.1 Å². The monoisotopic (exact) mass is 375 g/mol. The van der Waals surface area contributed by atoms with Gasteiger partial charge in [0.2, 0.25) is 5.91 Å². The Bertz CT molecular complexity index is 929. The van der Waals surface area contributed by atoms with Crippen LogP contribution in [0, 0.1) is 0 Å². The first-order valence-corrected chi connectivity index (χ1v) is 9.83. The Kier molecular flexibility index (Phi) is 5.83. The highest BCUT2D eigenvalue weighted by Crippen LogP contribution is 2.23. The topological polar surface area (TPSA) is 63.2 Å². The number of hydrogen-bond donors (Lipinski definition) is 2. The van der Waals surface area contributed by atoms with E-state index < -0.39 is 0 Å². The van der Waals surface area contributed by atoms with Crippen molar-refractivity contribution in [2.24, 2.45) is 0 Å². The van der Waals surface area contributed by atoms with Crippen LogP contribution in [0.1, 0.15) is 18.4 Å². The molecule has 5 heteroatoms. The van der Waals surface area contributed by atoms with Crippen LogP contribution in [-0.2, 0) is 11.2 Å². The average Bonchev–Trinajstić information content (AvgIpc) is 2.74. The molecule has 1 saturated heterocycles. The Hall–Kier alpha value is -2.92. The van der Waals surface area contributed by atoms with Crippen molar-refractivity contribution < 1.29 is 9.53 Å². The van der Waals surface area contributed by atoms with E-state index in [1.807, 2.05) is 48.7 Å². The number of fused-ring (bicyclic) bond motifs is 1. The molecule has 0 saturated carbocycles. The number of hydrogen-bond acceptors (Lipinski definition) is 4. The van der Waals surface area contributed by atoms with Crippen LogP contribution in [0.25, 0.3) is 10.8 Å². The summed E-state index contributed by atoms with van der Waals surface area (Å²) in [7, 11) is 0. The zero-order valence-electron chi connectivity index (χ0n) is 15.8. The molecule has 5 nitrogen and oxygen atoms in total. The highest BCUT2D eigenvalue weighted by molar-refractivity contribution is 5.83. The molecule has 0 spiro atoms. The molecule has 144 valence electrons. The van der Waals surface area contributed by atoms with Gasteiger partial charge in [-0.05, 0) is 54.6 Å². The number of rotatable bonds is 6. The van der Waals surface area contributed by atoms with E-state index in [1.54, 1.807) is 6.20 Å². The quantitative estimate of drug-likeness (QED) is 0.695. The van der Waals surface area contributed by atoms with Gasteiger partial charge in [0.1, 0.15) is 11.9 Å². The van der Waals surface area contributed by atoms with Crippen LogP contribution >= 0.6 is 0 Å². The average molecular weight is 375 g/mol. The van der Waals surface area contributed by atoms with Gasteiger partial charge in [0, 0.05) is 30.7 Å². The minimum atomic E-state index is -0.209. The summed E-state index contributed by atoms with van der Waals surface area (Å²) in [5.74, 6) is 0.891. The first-order valence-electron chi connectivity index (χ1n) is 9.83. The second-order valence-electron chi connectivity index (χ2n) is 7.18. The van der Waals surface area contributed by atoms with Crippen molar-refractivity contribution in [2.45, 2.75) is 31.4 Å². The predicted molar refractivity (Wildman–Crippen MR) is 110 cm³/mol. The highest BCUT2D eigenvalue weighted by Gasteiger charge is 2.27. The molecule has 1 fully saturated rings. The number of amides is 1. The van der Waals surface area contributed by atoms with Gasteiger partial charge in [0.05, 0.1) is 6.04 Å². The van der Waals surface area contributed by atoms with Crippen molar-refractivity contribution in [3.63, 3.8) is 0 Å². The number of pyridine rings is 1. The van der Waals surface area contributed by atoms with E-state index in [9.17, 15) is 4.79 Å². The number of ether oxygens (including phenoxy) is 1. The molecule has 1 amide bonds. The van der Waals surface area contributed by atoms with Crippen LogP contribution in [0.2, 0.25) is 0 Å². The van der Waals surface area contributed by atoms with E-state index in [2.05, 4.69) is 27.8 Å². The summed E-state index contributed by atoms with van der Waals surface area (Å²) in [5, 5.41) is 8.56. The maximum Gasteiger partial charge on any atom is 0.237 e. The Labute approximate surface area is 165 Å². The van der Waals surface area contributed by atoms with Gasteiger partial charge in [-0.1, -0.05) is 30.3 Å². The Morgan fingerprint density at radius 3 is 2.93 bits per heavy atom. The van der Waals surface area contributed by atoms with E-state index >= 15 is 0 Å². The molecule has 1 aliphatic rings. The lowest BCUT2D eigenvalue weighted by molar-refractivity contribution is -0.124. The zero-order chi connectivity index (χ0) is 19.2. The minimum Gasteiger partial charge on any atom is -0.490 e. The number of nitrogens with zero attached hydrogens (tertiary/aromatic N) is 1. The van der Waals surface area contributed by atoms with Crippen molar-refractivity contribution in [3.8, 4) is 5.75 Å². The fourth-order valence-electron chi connectivity index (χ4n) is 3.61. The minimum absolute atomic E-state index is 0.0328. The van der Waals surface area contributed by atoms with Gasteiger partial charge in [-0.25, -0.2) is 0 Å². The van der Waals surface area contributed by atoms with Gasteiger partial charge >= 0.3 is 0 Å². The fraction of sp³-hybridized carbons (Fsp3) is 0.304. The first-order chi connectivity index (χ1) is 13.8. The van der Waals surface area contributed by atoms with Crippen LogP contribution in [0.3, 0.4) is 0 Å². The summed E-state index contributed by atoms with van der Waals surface area (Å²) in [4.78, 5) is 16.7. The number of nitrogens with one attached hydrogen (secondary N) is 2. The van der Waals surface area contributed by atoms with Gasteiger partial charge < -0.3 is 15.4 Å². The lowest BCUT2D eigenvalue weighted by Gasteiger charge is -2.30. The molecule has 1 aromatic heterocycles. The lowest BCUT2D eigenvalue weighted by Crippen LogP contribution is -2.51. The Balaban J connectivity index is 1.30. The molecule has 2 atom stereocenters. The van der Waals surface area contributed by atoms with Crippen LogP contribution in [0.4, 0.5) is 0 Å². The van der Waals surface area contributed by atoms with E-state index in [4.69, 9.17) is 4.74 Å². The van der Waals surface area contributed by atoms with E-state index in [0.29, 0.717) is 13.0 Å². The van der Waals surface area contributed by atoms with Crippen molar-refractivity contribution in [1.82, 2.24) is 15.6 Å². The third-order valence-electron chi connectivity index (χ3n) is 5.14. The van der Waals surface area contributed by atoms with Gasteiger partial charge in [-0.15, -0.1) is 0 Å². The molecule has 28 heavy (non-hydrogen) atoms. The summed E-state index contributed by atoms with van der Waals surface area (Å²) in [6.07, 6.45) is 6.07. The van der Waals surface area contributed by atoms with E-state index in [1.165, 1.54) is 5.56 Å². The molecule has 0 unspecified atom stereocenters. The summed E-state index contributed by atoms with van der Waals surface area (Å²) >= 11 is 0. The first kappa shape index (κ1) is 18.4. The van der Waals surface area contributed by atoms with Crippen molar-refractivity contribution in [3.05, 3.63) is 72.6 Å². The van der Waals surface area contributed by atoms with Crippen molar-refractivity contribution >= 4 is 16.7 Å². The largest absolute Gasteiger partial charge is 0.490 e. The molecule has 1 aliphatic heterocycles. The standard InChI is InChI=1S/C23H25N3O2/c27-23(26-12-8-17-4-2-1-3-5-17)22-15-21(10-13-25-22)28-20-7-6-19-16-24-11-9-18(19)14-20/h1-7,9,11,14,16,21-22,25H,8,10,12-13,15H2,(H,26,27)/t21-,22-/m0/s1.